The quantitative estimate of drug-likeness (QED) is 0.542. The number of hydrogen-bond acceptors (Lipinski definition) is 4. The Morgan fingerprint density at radius 2 is 1.68 bits per heavy atom. The van der Waals surface area contributed by atoms with Crippen molar-refractivity contribution in [2.45, 2.75) is 13.3 Å². The molecule has 174 valence electrons. The molecule has 3 aromatic carbocycles. The second kappa shape index (κ2) is 11.2. The van der Waals surface area contributed by atoms with Gasteiger partial charge in [0, 0.05) is 37.3 Å². The van der Waals surface area contributed by atoms with E-state index < -0.39 is 0 Å². The van der Waals surface area contributed by atoms with Crippen molar-refractivity contribution in [3.8, 4) is 11.5 Å². The molecule has 0 saturated heterocycles. The van der Waals surface area contributed by atoms with Crippen LogP contribution in [-0.4, -0.2) is 38.1 Å². The van der Waals surface area contributed by atoms with Gasteiger partial charge in [-0.2, -0.15) is 0 Å². The number of fused-ring (bicyclic) bond motifs is 1. The Hall–Kier alpha value is -4.06. The summed E-state index contributed by atoms with van der Waals surface area (Å²) in [5, 5.41) is 2.79. The monoisotopic (exact) mass is 456 g/mol. The van der Waals surface area contributed by atoms with E-state index in [4.69, 9.17) is 9.47 Å². The van der Waals surface area contributed by atoms with Gasteiger partial charge in [-0.05, 0) is 41.8 Å². The summed E-state index contributed by atoms with van der Waals surface area (Å²) in [6, 6.07) is 23.1. The highest BCUT2D eigenvalue weighted by Crippen LogP contribution is 2.34. The van der Waals surface area contributed by atoms with Gasteiger partial charge in [0.1, 0.15) is 13.2 Å². The van der Waals surface area contributed by atoms with Gasteiger partial charge in [-0.25, -0.2) is 0 Å². The third kappa shape index (κ3) is 6.04. The first-order valence-corrected chi connectivity index (χ1v) is 11.4. The van der Waals surface area contributed by atoms with E-state index in [0.717, 1.165) is 16.8 Å². The van der Waals surface area contributed by atoms with Gasteiger partial charge in [-0.15, -0.1) is 0 Å². The third-order valence-corrected chi connectivity index (χ3v) is 5.47. The van der Waals surface area contributed by atoms with Gasteiger partial charge in [0.05, 0.1) is 0 Å². The van der Waals surface area contributed by atoms with Crippen LogP contribution < -0.4 is 19.7 Å². The van der Waals surface area contributed by atoms with Gasteiger partial charge in [0.2, 0.25) is 5.91 Å². The number of carbonyl (C=O) groups is 2. The maximum absolute atomic E-state index is 13.5. The molecule has 1 heterocycles. The number of ether oxygens (including phenoxy) is 2. The van der Waals surface area contributed by atoms with Crippen molar-refractivity contribution >= 4 is 23.6 Å². The van der Waals surface area contributed by atoms with Crippen LogP contribution in [0.5, 0.6) is 11.5 Å². The van der Waals surface area contributed by atoms with E-state index >= 15 is 0 Å². The maximum Gasteiger partial charge on any atom is 0.258 e. The van der Waals surface area contributed by atoms with E-state index in [2.05, 4.69) is 5.32 Å². The average molecular weight is 457 g/mol. The molecule has 0 unspecified atom stereocenters. The normalized spacial score (nSPS) is 12.4. The molecule has 0 spiro atoms. The van der Waals surface area contributed by atoms with E-state index in [0.29, 0.717) is 49.8 Å². The van der Waals surface area contributed by atoms with Crippen LogP contribution in [-0.2, 0) is 11.2 Å². The molecular formula is C28H28N2O4. The Balaban J connectivity index is 1.55. The van der Waals surface area contributed by atoms with Gasteiger partial charge in [-0.3, -0.25) is 9.59 Å². The van der Waals surface area contributed by atoms with Crippen molar-refractivity contribution < 1.29 is 19.1 Å². The minimum atomic E-state index is -0.109. The number of nitrogens with one attached hydrogen (secondary N) is 1. The van der Waals surface area contributed by atoms with Crippen molar-refractivity contribution in [3.63, 3.8) is 0 Å². The minimum absolute atomic E-state index is 0.0505. The van der Waals surface area contributed by atoms with Gasteiger partial charge >= 0.3 is 0 Å². The summed E-state index contributed by atoms with van der Waals surface area (Å²) < 4.78 is 11.4. The fourth-order valence-corrected chi connectivity index (χ4v) is 3.72. The first-order valence-electron chi connectivity index (χ1n) is 11.4. The third-order valence-electron chi connectivity index (χ3n) is 5.47. The topological polar surface area (TPSA) is 67.9 Å². The molecule has 2 amide bonds. The lowest BCUT2D eigenvalue weighted by Crippen LogP contribution is -2.31. The van der Waals surface area contributed by atoms with Crippen molar-refractivity contribution in [1.29, 1.82) is 0 Å². The van der Waals surface area contributed by atoms with Crippen molar-refractivity contribution in [2.75, 3.05) is 31.2 Å². The zero-order valence-corrected chi connectivity index (χ0v) is 19.2. The van der Waals surface area contributed by atoms with Crippen LogP contribution in [0.2, 0.25) is 0 Å². The lowest BCUT2D eigenvalue weighted by molar-refractivity contribution is -0.118. The molecule has 0 radical (unpaired) electrons. The summed E-state index contributed by atoms with van der Waals surface area (Å²) in [6.07, 6.45) is 4.69. The molecule has 1 aliphatic heterocycles. The number of benzene rings is 3. The summed E-state index contributed by atoms with van der Waals surface area (Å²) in [6.45, 7) is 3.47. The fraction of sp³-hybridized carbons (Fsp3) is 0.214. The zero-order valence-electron chi connectivity index (χ0n) is 19.2. The lowest BCUT2D eigenvalue weighted by Gasteiger charge is -2.25. The van der Waals surface area contributed by atoms with Crippen molar-refractivity contribution in [1.82, 2.24) is 5.32 Å². The molecule has 0 bridgehead atoms. The molecule has 0 saturated carbocycles. The Morgan fingerprint density at radius 1 is 0.941 bits per heavy atom. The average Bonchev–Trinajstić information content (AvgIpc) is 2.87. The van der Waals surface area contributed by atoms with Crippen LogP contribution in [0.3, 0.4) is 0 Å². The largest absolute Gasteiger partial charge is 0.486 e. The van der Waals surface area contributed by atoms with Crippen LogP contribution >= 0.6 is 0 Å². The van der Waals surface area contributed by atoms with Gasteiger partial charge in [-0.1, -0.05) is 54.6 Å². The number of hydrogen-bond donors (Lipinski definition) is 1. The van der Waals surface area contributed by atoms with Crippen LogP contribution in [0.15, 0.2) is 78.9 Å². The highest BCUT2D eigenvalue weighted by molar-refractivity contribution is 6.06. The van der Waals surface area contributed by atoms with Crippen LogP contribution in [0.4, 0.5) is 5.69 Å². The first kappa shape index (κ1) is 23.1. The summed E-state index contributed by atoms with van der Waals surface area (Å²) >= 11 is 0. The number of carbonyl (C=O) groups excluding carboxylic acids is 2. The lowest BCUT2D eigenvalue weighted by atomic mass is 10.1. The molecule has 6 nitrogen and oxygen atoms in total. The molecule has 0 fully saturated rings. The summed E-state index contributed by atoms with van der Waals surface area (Å²) in [5.41, 5.74) is 3.45. The predicted octanol–water partition coefficient (Wildman–Crippen LogP) is 4.50. The molecule has 0 aromatic heterocycles. The summed E-state index contributed by atoms with van der Waals surface area (Å²) in [7, 11) is 0. The van der Waals surface area contributed by atoms with Gasteiger partial charge in [0.15, 0.2) is 11.5 Å². The molecule has 3 aromatic rings. The van der Waals surface area contributed by atoms with Crippen molar-refractivity contribution in [3.05, 3.63) is 95.6 Å². The van der Waals surface area contributed by atoms with Gasteiger partial charge in [0.25, 0.3) is 5.91 Å². The molecule has 1 aliphatic rings. The number of anilines is 1. The Morgan fingerprint density at radius 3 is 2.41 bits per heavy atom. The number of rotatable bonds is 8. The predicted molar refractivity (Wildman–Crippen MR) is 133 cm³/mol. The first-order chi connectivity index (χ1) is 16.6. The van der Waals surface area contributed by atoms with Gasteiger partial charge < -0.3 is 19.7 Å². The highest BCUT2D eigenvalue weighted by Gasteiger charge is 2.20. The molecule has 34 heavy (non-hydrogen) atoms. The standard InChI is InChI=1S/C28H28N2O4/c1-21(31)29-16-15-23-9-11-24(12-10-23)28(32)30(17-5-8-22-6-3-2-4-7-22)25-13-14-26-27(20-25)34-19-18-33-26/h2-14,20H,15-19H2,1H3,(H,29,31). The van der Waals surface area contributed by atoms with E-state index in [1.165, 1.54) is 6.92 Å². The minimum Gasteiger partial charge on any atom is -0.486 e. The molecule has 0 aliphatic carbocycles. The smallest absolute Gasteiger partial charge is 0.258 e. The molecule has 6 heteroatoms. The maximum atomic E-state index is 13.5. The number of amides is 2. The zero-order chi connectivity index (χ0) is 23.8. The Labute approximate surface area is 199 Å². The highest BCUT2D eigenvalue weighted by atomic mass is 16.6. The molecule has 0 atom stereocenters. The van der Waals surface area contributed by atoms with E-state index in [1.807, 2.05) is 84.9 Å². The molecular weight excluding hydrogens is 428 g/mol. The second-order valence-corrected chi connectivity index (χ2v) is 7.99. The van der Waals surface area contributed by atoms with E-state index in [-0.39, 0.29) is 11.8 Å². The Bertz CT molecular complexity index is 1160. The van der Waals surface area contributed by atoms with Crippen LogP contribution in [0.25, 0.3) is 6.08 Å². The molecule has 1 N–H and O–H groups in total. The van der Waals surface area contributed by atoms with E-state index in [1.54, 1.807) is 4.90 Å². The van der Waals surface area contributed by atoms with Crippen LogP contribution in [0, 0.1) is 0 Å². The van der Waals surface area contributed by atoms with E-state index in [9.17, 15) is 9.59 Å². The SMILES string of the molecule is CC(=O)NCCc1ccc(C(=O)N(CC=Cc2ccccc2)c2ccc3c(c2)OCCO3)cc1. The fourth-order valence-electron chi connectivity index (χ4n) is 3.72. The summed E-state index contributed by atoms with van der Waals surface area (Å²) in [4.78, 5) is 26.3. The molecule has 4 rings (SSSR count). The second-order valence-electron chi connectivity index (χ2n) is 7.99. The van der Waals surface area contributed by atoms with Crippen LogP contribution in [0.1, 0.15) is 28.4 Å². The summed E-state index contributed by atoms with van der Waals surface area (Å²) in [5.74, 6) is 1.17. The number of nitrogens with zero attached hydrogens (tertiary/aromatic N) is 1. The Kier molecular flexibility index (Phi) is 7.60. The van der Waals surface area contributed by atoms with Crippen molar-refractivity contribution in [2.24, 2.45) is 0 Å².